The first kappa shape index (κ1) is 10.6. The predicted molar refractivity (Wildman–Crippen MR) is 70.0 cm³/mol. The maximum atomic E-state index is 11.9. The van der Waals surface area contributed by atoms with Crippen LogP contribution in [0, 0.1) is 0 Å². The molecule has 0 fully saturated rings. The van der Waals surface area contributed by atoms with E-state index in [-0.39, 0.29) is 5.91 Å². The third-order valence-corrected chi connectivity index (χ3v) is 3.41. The molecule has 3 rings (SSSR count). The molecular weight excluding hydrogens is 234 g/mol. The largest absolute Gasteiger partial charge is 0.321 e. The topological polar surface area (TPSA) is 29.1 Å². The van der Waals surface area contributed by atoms with Crippen molar-refractivity contribution in [2.45, 2.75) is 19.3 Å². The van der Waals surface area contributed by atoms with Crippen molar-refractivity contribution in [3.8, 4) is 0 Å². The zero-order valence-corrected chi connectivity index (χ0v) is 10.1. The van der Waals surface area contributed by atoms with Crippen LogP contribution in [0.5, 0.6) is 0 Å². The van der Waals surface area contributed by atoms with Crippen LogP contribution in [0.4, 0.5) is 5.69 Å². The second-order valence-electron chi connectivity index (χ2n) is 4.37. The zero-order chi connectivity index (χ0) is 11.8. The summed E-state index contributed by atoms with van der Waals surface area (Å²) in [5.41, 5.74) is 3.78. The molecule has 2 aliphatic rings. The fourth-order valence-corrected chi connectivity index (χ4v) is 2.49. The van der Waals surface area contributed by atoms with Crippen molar-refractivity contribution in [3.63, 3.8) is 0 Å². The predicted octanol–water partition coefficient (Wildman–Crippen LogP) is 3.79. The minimum absolute atomic E-state index is 0.0323. The van der Waals surface area contributed by atoms with Crippen molar-refractivity contribution >= 4 is 28.8 Å². The van der Waals surface area contributed by atoms with Gasteiger partial charge in [-0.15, -0.1) is 0 Å². The molecule has 1 aliphatic carbocycles. The Balaban J connectivity index is 2.05. The zero-order valence-electron chi connectivity index (χ0n) is 9.29. The molecule has 86 valence electrons. The molecule has 0 saturated carbocycles. The van der Waals surface area contributed by atoms with Gasteiger partial charge in [-0.2, -0.15) is 0 Å². The highest BCUT2D eigenvalue weighted by Gasteiger charge is 2.24. The van der Waals surface area contributed by atoms with Crippen LogP contribution in [0.3, 0.4) is 0 Å². The summed E-state index contributed by atoms with van der Waals surface area (Å²) in [6.07, 6.45) is 7.58. The lowest BCUT2D eigenvalue weighted by Crippen LogP contribution is -2.03. The highest BCUT2D eigenvalue weighted by molar-refractivity contribution is 6.34. The van der Waals surface area contributed by atoms with Gasteiger partial charge in [0, 0.05) is 16.2 Å². The van der Waals surface area contributed by atoms with Crippen molar-refractivity contribution in [3.05, 3.63) is 46.5 Å². The monoisotopic (exact) mass is 245 g/mol. The number of hydrogen-bond donors (Lipinski definition) is 1. The Morgan fingerprint density at radius 1 is 1.35 bits per heavy atom. The van der Waals surface area contributed by atoms with Crippen molar-refractivity contribution in [1.29, 1.82) is 0 Å². The van der Waals surface area contributed by atoms with Crippen LogP contribution in [-0.2, 0) is 4.79 Å². The Morgan fingerprint density at radius 2 is 2.24 bits per heavy atom. The molecule has 17 heavy (non-hydrogen) atoms. The Hall–Kier alpha value is -1.54. The van der Waals surface area contributed by atoms with Crippen molar-refractivity contribution in [2.24, 2.45) is 0 Å². The van der Waals surface area contributed by atoms with Crippen LogP contribution in [0.1, 0.15) is 24.8 Å². The van der Waals surface area contributed by atoms with Gasteiger partial charge in [-0.3, -0.25) is 4.79 Å². The van der Waals surface area contributed by atoms with E-state index in [0.717, 1.165) is 29.7 Å². The maximum absolute atomic E-state index is 11.9. The fraction of sp³-hybridized carbons (Fsp3) is 0.214. The van der Waals surface area contributed by atoms with Crippen LogP contribution in [0.2, 0.25) is 5.02 Å². The average Bonchev–Trinajstić information content (AvgIpc) is 2.88. The summed E-state index contributed by atoms with van der Waals surface area (Å²) in [4.78, 5) is 11.9. The molecule has 0 bridgehead atoms. The van der Waals surface area contributed by atoms with E-state index in [9.17, 15) is 4.79 Å². The molecule has 0 unspecified atom stereocenters. The molecule has 1 aromatic carbocycles. The normalized spacial score (nSPS) is 20.4. The molecule has 2 nitrogen and oxygen atoms in total. The molecule has 1 N–H and O–H groups in total. The maximum Gasteiger partial charge on any atom is 0.256 e. The summed E-state index contributed by atoms with van der Waals surface area (Å²) in [5.74, 6) is -0.0323. The van der Waals surface area contributed by atoms with E-state index in [1.807, 2.05) is 18.2 Å². The SMILES string of the molecule is O=C1Nc2cc(Cl)ccc2/C1=C/C1=CCCC1. The number of anilines is 1. The number of allylic oxidation sites excluding steroid dienone is 3. The summed E-state index contributed by atoms with van der Waals surface area (Å²) in [7, 11) is 0. The molecular formula is C14H12ClNO. The van der Waals surface area contributed by atoms with Crippen LogP contribution in [-0.4, -0.2) is 5.91 Å². The van der Waals surface area contributed by atoms with E-state index >= 15 is 0 Å². The Bertz CT molecular complexity index is 557. The Morgan fingerprint density at radius 3 is 3.00 bits per heavy atom. The van der Waals surface area contributed by atoms with Crippen LogP contribution < -0.4 is 5.32 Å². The highest BCUT2D eigenvalue weighted by Crippen LogP contribution is 2.35. The molecule has 0 aromatic heterocycles. The number of hydrogen-bond acceptors (Lipinski definition) is 1. The van der Waals surface area contributed by atoms with Crippen molar-refractivity contribution < 1.29 is 4.79 Å². The lowest BCUT2D eigenvalue weighted by atomic mass is 10.0. The van der Waals surface area contributed by atoms with Gasteiger partial charge in [0.15, 0.2) is 0 Å². The molecule has 0 atom stereocenters. The first-order valence-electron chi connectivity index (χ1n) is 5.76. The summed E-state index contributed by atoms with van der Waals surface area (Å²) in [6.45, 7) is 0. The number of nitrogens with one attached hydrogen (secondary N) is 1. The van der Waals surface area contributed by atoms with Crippen LogP contribution in [0.15, 0.2) is 35.9 Å². The van der Waals surface area contributed by atoms with Gasteiger partial charge in [-0.05, 0) is 37.5 Å². The van der Waals surface area contributed by atoms with E-state index in [1.54, 1.807) is 6.07 Å². The number of fused-ring (bicyclic) bond motifs is 1. The Labute approximate surface area is 105 Å². The lowest BCUT2D eigenvalue weighted by molar-refractivity contribution is -0.110. The molecule has 3 heteroatoms. The number of benzene rings is 1. The third-order valence-electron chi connectivity index (χ3n) is 3.17. The summed E-state index contributed by atoms with van der Waals surface area (Å²) in [5, 5.41) is 3.49. The Kier molecular flexibility index (Phi) is 2.52. The molecule has 1 aromatic rings. The molecule has 0 spiro atoms. The van der Waals surface area contributed by atoms with Crippen LogP contribution in [0.25, 0.3) is 5.57 Å². The minimum Gasteiger partial charge on any atom is -0.321 e. The quantitative estimate of drug-likeness (QED) is 0.750. The minimum atomic E-state index is -0.0323. The molecule has 1 aliphatic heterocycles. The first-order chi connectivity index (χ1) is 8.24. The number of amides is 1. The van der Waals surface area contributed by atoms with E-state index < -0.39 is 0 Å². The molecule has 0 saturated heterocycles. The summed E-state index contributed by atoms with van der Waals surface area (Å²) in [6, 6.07) is 5.51. The van der Waals surface area contributed by atoms with Crippen molar-refractivity contribution in [1.82, 2.24) is 0 Å². The fourth-order valence-electron chi connectivity index (χ4n) is 2.32. The van der Waals surface area contributed by atoms with E-state index in [0.29, 0.717) is 5.02 Å². The molecule has 1 amide bonds. The standard InChI is InChI=1S/C14H12ClNO/c15-10-5-6-11-12(7-9-3-1-2-4-9)14(17)16-13(11)8-10/h3,5-8H,1-2,4H2,(H,16,17)/b12-7-. The smallest absolute Gasteiger partial charge is 0.256 e. The number of rotatable bonds is 1. The number of carbonyl (C=O) groups excluding carboxylic acids is 1. The average molecular weight is 246 g/mol. The second kappa shape index (κ2) is 4.04. The van der Waals surface area contributed by atoms with Gasteiger partial charge in [0.25, 0.3) is 5.91 Å². The van der Waals surface area contributed by atoms with Gasteiger partial charge in [-0.25, -0.2) is 0 Å². The van der Waals surface area contributed by atoms with Gasteiger partial charge in [0.2, 0.25) is 0 Å². The van der Waals surface area contributed by atoms with Crippen LogP contribution >= 0.6 is 11.6 Å². The van der Waals surface area contributed by atoms with Gasteiger partial charge >= 0.3 is 0 Å². The lowest BCUT2D eigenvalue weighted by Gasteiger charge is -1.99. The van der Waals surface area contributed by atoms with Gasteiger partial charge < -0.3 is 5.32 Å². The number of halogens is 1. The molecule has 0 radical (unpaired) electrons. The van der Waals surface area contributed by atoms with Gasteiger partial charge in [-0.1, -0.05) is 29.3 Å². The van der Waals surface area contributed by atoms with Gasteiger partial charge in [0.05, 0.1) is 5.69 Å². The summed E-state index contributed by atoms with van der Waals surface area (Å²) >= 11 is 5.91. The second-order valence-corrected chi connectivity index (χ2v) is 4.81. The van der Waals surface area contributed by atoms with E-state index in [2.05, 4.69) is 11.4 Å². The third kappa shape index (κ3) is 1.89. The van der Waals surface area contributed by atoms with Crippen molar-refractivity contribution in [2.75, 3.05) is 5.32 Å². The summed E-state index contributed by atoms with van der Waals surface area (Å²) < 4.78 is 0. The van der Waals surface area contributed by atoms with E-state index in [1.165, 1.54) is 12.0 Å². The van der Waals surface area contributed by atoms with E-state index in [4.69, 9.17) is 11.6 Å². The first-order valence-corrected chi connectivity index (χ1v) is 6.14. The number of carbonyl (C=O) groups is 1. The highest BCUT2D eigenvalue weighted by atomic mass is 35.5. The van der Waals surface area contributed by atoms with Gasteiger partial charge in [0.1, 0.15) is 0 Å². The molecule has 1 heterocycles.